The third-order valence-corrected chi connectivity index (χ3v) is 4.52. The second-order valence-electron chi connectivity index (χ2n) is 5.63. The second kappa shape index (κ2) is 6.22. The first-order chi connectivity index (χ1) is 12.1. The topological polar surface area (TPSA) is 102 Å². The van der Waals surface area contributed by atoms with Gasteiger partial charge in [0.05, 0.1) is 4.90 Å². The van der Waals surface area contributed by atoms with Gasteiger partial charge in [-0.3, -0.25) is 4.98 Å². The van der Waals surface area contributed by atoms with Crippen molar-refractivity contribution in [2.75, 3.05) is 0 Å². The van der Waals surface area contributed by atoms with E-state index < -0.39 is 21.9 Å². The van der Waals surface area contributed by atoms with E-state index in [1.54, 1.807) is 19.2 Å². The fourth-order valence-electron chi connectivity index (χ4n) is 2.41. The van der Waals surface area contributed by atoms with E-state index in [0.29, 0.717) is 5.56 Å². The van der Waals surface area contributed by atoms with Crippen LogP contribution < -0.4 is 5.14 Å². The van der Waals surface area contributed by atoms with Gasteiger partial charge in [0.2, 0.25) is 10.0 Å². The van der Waals surface area contributed by atoms with Crippen LogP contribution in [-0.2, 0) is 16.2 Å². The number of pyridine rings is 1. The number of primary sulfonamides is 1. The number of imidazole rings is 1. The predicted octanol–water partition coefficient (Wildman–Crippen LogP) is 3.11. The Morgan fingerprint density at radius 2 is 1.73 bits per heavy atom. The lowest BCUT2D eigenvalue weighted by Crippen LogP contribution is -2.12. The Kier molecular flexibility index (Phi) is 4.32. The number of nitrogens with zero attached hydrogens (tertiary/aromatic N) is 2. The molecule has 0 amide bonds. The summed E-state index contributed by atoms with van der Waals surface area (Å²) in [5.74, 6) is 0.0130. The van der Waals surface area contributed by atoms with Crippen molar-refractivity contribution in [2.45, 2.75) is 18.0 Å². The van der Waals surface area contributed by atoms with E-state index in [4.69, 9.17) is 5.14 Å². The minimum absolute atomic E-state index is 0.0130. The number of rotatable bonds is 3. The van der Waals surface area contributed by atoms with Crippen LogP contribution in [0, 0.1) is 6.92 Å². The average molecular weight is 382 g/mol. The van der Waals surface area contributed by atoms with E-state index in [2.05, 4.69) is 15.0 Å². The lowest BCUT2D eigenvalue weighted by Gasteiger charge is -2.07. The molecular weight excluding hydrogens is 369 g/mol. The molecule has 0 fully saturated rings. The number of halogens is 3. The van der Waals surface area contributed by atoms with Gasteiger partial charge in [0.15, 0.2) is 0 Å². The Morgan fingerprint density at radius 1 is 1.08 bits per heavy atom. The second-order valence-corrected chi connectivity index (χ2v) is 7.19. The number of aromatic amines is 1. The third-order valence-electron chi connectivity index (χ3n) is 3.59. The van der Waals surface area contributed by atoms with Crippen LogP contribution in [0.3, 0.4) is 0 Å². The van der Waals surface area contributed by atoms with Crippen LogP contribution in [0.15, 0.2) is 47.6 Å². The highest BCUT2D eigenvalue weighted by Gasteiger charge is 2.37. The Bertz CT molecular complexity index is 1060. The van der Waals surface area contributed by atoms with Gasteiger partial charge in [-0.15, -0.1) is 0 Å². The largest absolute Gasteiger partial charge is 0.433 e. The molecule has 2 aromatic heterocycles. The average Bonchev–Trinajstić information content (AvgIpc) is 3.00. The Labute approximate surface area is 147 Å². The van der Waals surface area contributed by atoms with Crippen LogP contribution in [-0.4, -0.2) is 23.4 Å². The van der Waals surface area contributed by atoms with Gasteiger partial charge in [0, 0.05) is 23.5 Å². The molecule has 6 nitrogen and oxygen atoms in total. The first kappa shape index (κ1) is 18.1. The van der Waals surface area contributed by atoms with Crippen LogP contribution in [0.4, 0.5) is 13.2 Å². The van der Waals surface area contributed by atoms with Gasteiger partial charge in [-0.25, -0.2) is 18.5 Å². The van der Waals surface area contributed by atoms with E-state index in [0.717, 1.165) is 17.7 Å². The fraction of sp³-hybridized carbons (Fsp3) is 0.125. The summed E-state index contributed by atoms with van der Waals surface area (Å²) in [4.78, 5) is 10.1. The van der Waals surface area contributed by atoms with Crippen molar-refractivity contribution in [1.82, 2.24) is 15.0 Å². The summed E-state index contributed by atoms with van der Waals surface area (Å²) >= 11 is 0. The van der Waals surface area contributed by atoms with Gasteiger partial charge in [-0.05, 0) is 30.7 Å². The molecule has 0 bridgehead atoms. The zero-order valence-corrected chi connectivity index (χ0v) is 14.2. The molecule has 0 saturated carbocycles. The number of benzene rings is 1. The van der Waals surface area contributed by atoms with Crippen LogP contribution in [0.5, 0.6) is 0 Å². The molecular formula is C16H13F3N4O2S. The number of hydrogen-bond acceptors (Lipinski definition) is 4. The van der Waals surface area contributed by atoms with E-state index in [1.807, 2.05) is 0 Å². The summed E-state index contributed by atoms with van der Waals surface area (Å²) < 4.78 is 62.8. The monoisotopic (exact) mass is 382 g/mol. The van der Waals surface area contributed by atoms with Gasteiger partial charge < -0.3 is 4.98 Å². The molecule has 136 valence electrons. The van der Waals surface area contributed by atoms with Gasteiger partial charge in [0.1, 0.15) is 17.2 Å². The zero-order valence-electron chi connectivity index (χ0n) is 13.4. The highest BCUT2D eigenvalue weighted by atomic mass is 32.2. The zero-order chi connectivity index (χ0) is 19.1. The maximum Gasteiger partial charge on any atom is 0.433 e. The molecule has 0 unspecified atom stereocenters. The van der Waals surface area contributed by atoms with E-state index >= 15 is 0 Å². The summed E-state index contributed by atoms with van der Waals surface area (Å²) in [5.41, 5.74) is -0.0883. The van der Waals surface area contributed by atoms with Crippen LogP contribution in [0.2, 0.25) is 0 Å². The number of H-pyrrole nitrogens is 1. The van der Waals surface area contributed by atoms with E-state index in [-0.39, 0.29) is 22.0 Å². The molecule has 26 heavy (non-hydrogen) atoms. The molecule has 0 atom stereocenters. The molecule has 0 saturated heterocycles. The lowest BCUT2D eigenvalue weighted by molar-refractivity contribution is -0.140. The number of hydrogen-bond donors (Lipinski definition) is 2. The van der Waals surface area contributed by atoms with Crippen LogP contribution in [0.25, 0.3) is 22.6 Å². The smallest absolute Gasteiger partial charge is 0.334 e. The molecule has 0 aliphatic carbocycles. The van der Waals surface area contributed by atoms with Crippen molar-refractivity contribution in [3.63, 3.8) is 0 Å². The first-order valence-corrected chi connectivity index (χ1v) is 8.83. The number of sulfonamides is 1. The Hall–Kier alpha value is -2.72. The van der Waals surface area contributed by atoms with Crippen LogP contribution in [0.1, 0.15) is 11.3 Å². The molecule has 10 heteroatoms. The minimum atomic E-state index is -4.67. The number of aryl methyl sites for hydroxylation is 1. The number of aromatic nitrogens is 3. The van der Waals surface area contributed by atoms with Gasteiger partial charge in [-0.1, -0.05) is 12.1 Å². The molecule has 3 aromatic rings. The standard InChI is InChI=1S/C16H13F3N4O2S/c1-9-6-11(8-21-7-9)15-22-13(14(23-15)16(17,18)19)10-2-4-12(5-3-10)26(20,24)25/h2-8H,1H3,(H,22,23)(H2,20,24,25). The molecule has 0 aliphatic rings. The minimum Gasteiger partial charge on any atom is -0.334 e. The maximum absolute atomic E-state index is 13.4. The summed E-state index contributed by atoms with van der Waals surface area (Å²) in [6.07, 6.45) is -1.69. The molecule has 0 radical (unpaired) electrons. The molecule has 2 heterocycles. The number of nitrogens with one attached hydrogen (secondary N) is 1. The molecule has 3 rings (SSSR count). The van der Waals surface area contributed by atoms with E-state index in [1.165, 1.54) is 18.3 Å². The highest BCUT2D eigenvalue weighted by Crippen LogP contribution is 2.37. The van der Waals surface area contributed by atoms with Crippen molar-refractivity contribution < 1.29 is 21.6 Å². The normalized spacial score (nSPS) is 12.3. The molecule has 1 aromatic carbocycles. The molecule has 0 aliphatic heterocycles. The summed E-state index contributed by atoms with van der Waals surface area (Å²) in [5, 5.41) is 5.00. The number of nitrogens with two attached hydrogens (primary N) is 1. The Balaban J connectivity index is 2.14. The lowest BCUT2D eigenvalue weighted by atomic mass is 10.1. The van der Waals surface area contributed by atoms with Crippen molar-refractivity contribution >= 4 is 10.0 Å². The van der Waals surface area contributed by atoms with Crippen molar-refractivity contribution in [2.24, 2.45) is 5.14 Å². The quantitative estimate of drug-likeness (QED) is 0.727. The summed E-state index contributed by atoms with van der Waals surface area (Å²) in [6.45, 7) is 1.76. The SMILES string of the molecule is Cc1cncc(-c2nc(-c3ccc(S(N)(=O)=O)cc3)c(C(F)(F)F)[nH]2)c1. The maximum atomic E-state index is 13.4. The first-order valence-electron chi connectivity index (χ1n) is 7.28. The van der Waals surface area contributed by atoms with Crippen molar-refractivity contribution in [3.05, 3.63) is 54.0 Å². The van der Waals surface area contributed by atoms with E-state index in [9.17, 15) is 21.6 Å². The number of alkyl halides is 3. The summed E-state index contributed by atoms with van der Waals surface area (Å²) in [6, 6.07) is 6.37. The fourth-order valence-corrected chi connectivity index (χ4v) is 2.93. The predicted molar refractivity (Wildman–Crippen MR) is 88.4 cm³/mol. The van der Waals surface area contributed by atoms with Crippen molar-refractivity contribution in [3.8, 4) is 22.6 Å². The summed E-state index contributed by atoms with van der Waals surface area (Å²) in [7, 11) is -3.94. The van der Waals surface area contributed by atoms with Crippen molar-refractivity contribution in [1.29, 1.82) is 0 Å². The van der Waals surface area contributed by atoms with Gasteiger partial charge in [-0.2, -0.15) is 13.2 Å². The highest BCUT2D eigenvalue weighted by molar-refractivity contribution is 7.89. The van der Waals surface area contributed by atoms with Gasteiger partial charge >= 0.3 is 6.18 Å². The molecule has 0 spiro atoms. The Morgan fingerprint density at radius 3 is 2.27 bits per heavy atom. The third kappa shape index (κ3) is 3.60. The molecule has 3 N–H and O–H groups in total. The van der Waals surface area contributed by atoms with Crippen LogP contribution >= 0.6 is 0 Å². The van der Waals surface area contributed by atoms with Gasteiger partial charge in [0.25, 0.3) is 0 Å².